The van der Waals surface area contributed by atoms with E-state index in [2.05, 4.69) is 29.6 Å². The molecule has 2 fully saturated rings. The van der Waals surface area contributed by atoms with Gasteiger partial charge in [-0.05, 0) is 50.0 Å². The smallest absolute Gasteiger partial charge is 0.312 e. The molecule has 1 saturated carbocycles. The van der Waals surface area contributed by atoms with Crippen molar-refractivity contribution in [1.29, 1.82) is 0 Å². The Bertz CT molecular complexity index is 602. The molecule has 0 unspecified atom stereocenters. The Morgan fingerprint density at radius 3 is 2.38 bits per heavy atom. The molecule has 1 aliphatic heterocycles. The van der Waals surface area contributed by atoms with Crippen LogP contribution in [0.2, 0.25) is 0 Å². The molecule has 1 amide bonds. The van der Waals surface area contributed by atoms with Crippen molar-refractivity contribution < 1.29 is 19.1 Å². The van der Waals surface area contributed by atoms with Crippen LogP contribution in [0, 0.1) is 5.41 Å². The average Bonchev–Trinajstić information content (AvgIpc) is 2.69. The van der Waals surface area contributed by atoms with Gasteiger partial charge < -0.3 is 14.8 Å². The number of amides is 1. The second-order valence-electron chi connectivity index (χ2n) is 7.59. The van der Waals surface area contributed by atoms with Gasteiger partial charge in [0.1, 0.15) is 0 Å². The lowest BCUT2D eigenvalue weighted by atomic mass is 9.76. The van der Waals surface area contributed by atoms with Gasteiger partial charge in [-0.1, -0.05) is 30.3 Å². The number of hydrogen-bond donors (Lipinski definition) is 1. The molecule has 3 rings (SSSR count). The third-order valence-corrected chi connectivity index (χ3v) is 5.93. The quantitative estimate of drug-likeness (QED) is 0.820. The van der Waals surface area contributed by atoms with Crippen LogP contribution in [-0.2, 0) is 19.1 Å². The van der Waals surface area contributed by atoms with E-state index in [4.69, 9.17) is 9.47 Å². The fourth-order valence-corrected chi connectivity index (χ4v) is 4.31. The SMILES string of the molecule is COC(=O)C1(CC(=O)NC2CCC(c3ccccc3)CC2)CCOCC1. The predicted molar refractivity (Wildman–Crippen MR) is 98.7 cm³/mol. The Balaban J connectivity index is 1.51. The van der Waals surface area contributed by atoms with Gasteiger partial charge >= 0.3 is 5.97 Å². The van der Waals surface area contributed by atoms with Gasteiger partial charge in [-0.3, -0.25) is 9.59 Å². The van der Waals surface area contributed by atoms with E-state index in [0.717, 1.165) is 25.7 Å². The number of carbonyl (C=O) groups is 2. The van der Waals surface area contributed by atoms with Crippen molar-refractivity contribution >= 4 is 11.9 Å². The summed E-state index contributed by atoms with van der Waals surface area (Å²) in [4.78, 5) is 24.9. The minimum absolute atomic E-state index is 0.0412. The van der Waals surface area contributed by atoms with Crippen molar-refractivity contribution in [2.75, 3.05) is 20.3 Å². The van der Waals surface area contributed by atoms with E-state index >= 15 is 0 Å². The summed E-state index contributed by atoms with van der Waals surface area (Å²) in [6.45, 7) is 1.01. The normalized spacial score (nSPS) is 25.3. The molecule has 0 atom stereocenters. The largest absolute Gasteiger partial charge is 0.469 e. The number of nitrogens with one attached hydrogen (secondary N) is 1. The van der Waals surface area contributed by atoms with Gasteiger partial charge in [-0.15, -0.1) is 0 Å². The van der Waals surface area contributed by atoms with Crippen LogP contribution in [0.5, 0.6) is 0 Å². The lowest BCUT2D eigenvalue weighted by molar-refractivity contribution is -0.161. The monoisotopic (exact) mass is 359 g/mol. The number of methoxy groups -OCH3 is 1. The molecule has 1 aromatic rings. The van der Waals surface area contributed by atoms with Crippen LogP contribution in [0.15, 0.2) is 30.3 Å². The summed E-state index contributed by atoms with van der Waals surface area (Å²) in [6, 6.07) is 10.8. The molecule has 2 aliphatic rings. The van der Waals surface area contributed by atoms with Gasteiger partial charge in [0.05, 0.1) is 12.5 Å². The lowest BCUT2D eigenvalue weighted by Gasteiger charge is -2.35. The van der Waals surface area contributed by atoms with Crippen LogP contribution < -0.4 is 5.32 Å². The maximum Gasteiger partial charge on any atom is 0.312 e. The van der Waals surface area contributed by atoms with Crippen LogP contribution in [0.3, 0.4) is 0 Å². The van der Waals surface area contributed by atoms with Gasteiger partial charge in [0, 0.05) is 25.7 Å². The van der Waals surface area contributed by atoms with Gasteiger partial charge in [0.25, 0.3) is 0 Å². The fraction of sp³-hybridized carbons (Fsp3) is 0.619. The third kappa shape index (κ3) is 4.44. The molecule has 5 nitrogen and oxygen atoms in total. The first-order chi connectivity index (χ1) is 12.6. The summed E-state index contributed by atoms with van der Waals surface area (Å²) < 4.78 is 10.3. The van der Waals surface area contributed by atoms with E-state index < -0.39 is 5.41 Å². The summed E-state index contributed by atoms with van der Waals surface area (Å²) in [5, 5.41) is 3.15. The third-order valence-electron chi connectivity index (χ3n) is 5.93. The Morgan fingerprint density at radius 2 is 1.77 bits per heavy atom. The summed E-state index contributed by atoms with van der Waals surface area (Å²) in [7, 11) is 1.39. The van der Waals surface area contributed by atoms with Gasteiger partial charge in [0.2, 0.25) is 5.91 Å². The van der Waals surface area contributed by atoms with Crippen LogP contribution in [0.25, 0.3) is 0 Å². The van der Waals surface area contributed by atoms with E-state index in [-0.39, 0.29) is 24.3 Å². The molecular weight excluding hydrogens is 330 g/mol. The van der Waals surface area contributed by atoms with Crippen LogP contribution in [-0.4, -0.2) is 38.2 Å². The fourth-order valence-electron chi connectivity index (χ4n) is 4.31. The molecular formula is C21H29NO4. The molecule has 1 saturated heterocycles. The first-order valence-corrected chi connectivity index (χ1v) is 9.63. The van der Waals surface area contributed by atoms with Crippen molar-refractivity contribution in [1.82, 2.24) is 5.32 Å². The van der Waals surface area contributed by atoms with Gasteiger partial charge in [-0.2, -0.15) is 0 Å². The zero-order valence-corrected chi connectivity index (χ0v) is 15.5. The molecule has 0 spiro atoms. The van der Waals surface area contributed by atoms with E-state index in [9.17, 15) is 9.59 Å². The van der Waals surface area contributed by atoms with Crippen LogP contribution in [0.1, 0.15) is 56.4 Å². The number of carbonyl (C=O) groups excluding carboxylic acids is 2. The Labute approximate surface area is 155 Å². The number of esters is 1. The molecule has 1 aliphatic carbocycles. The first kappa shape index (κ1) is 18.9. The Morgan fingerprint density at radius 1 is 1.12 bits per heavy atom. The predicted octanol–water partition coefficient (Wildman–Crippen LogP) is 3.19. The van der Waals surface area contributed by atoms with Gasteiger partial charge in [0.15, 0.2) is 0 Å². The van der Waals surface area contributed by atoms with E-state index in [0.29, 0.717) is 32.0 Å². The van der Waals surface area contributed by atoms with Crippen molar-refractivity contribution in [2.24, 2.45) is 5.41 Å². The molecule has 0 radical (unpaired) electrons. The van der Waals surface area contributed by atoms with Crippen molar-refractivity contribution in [3.8, 4) is 0 Å². The Hall–Kier alpha value is -1.88. The molecule has 0 aromatic heterocycles. The Kier molecular flexibility index (Phi) is 6.30. The average molecular weight is 359 g/mol. The number of rotatable bonds is 5. The molecule has 1 aromatic carbocycles. The summed E-state index contributed by atoms with van der Waals surface area (Å²) in [6.07, 6.45) is 5.44. The van der Waals surface area contributed by atoms with E-state index in [1.807, 2.05) is 6.07 Å². The minimum Gasteiger partial charge on any atom is -0.469 e. The van der Waals surface area contributed by atoms with Gasteiger partial charge in [-0.25, -0.2) is 0 Å². The second-order valence-corrected chi connectivity index (χ2v) is 7.59. The first-order valence-electron chi connectivity index (χ1n) is 9.63. The van der Waals surface area contributed by atoms with Crippen LogP contribution >= 0.6 is 0 Å². The standard InChI is InChI=1S/C21H29NO4/c1-25-20(24)21(11-13-26-14-12-21)15-19(23)22-18-9-7-17(8-10-18)16-5-3-2-4-6-16/h2-6,17-18H,7-15H2,1H3,(H,22,23). The number of benzene rings is 1. The molecule has 0 bridgehead atoms. The molecule has 5 heteroatoms. The van der Waals surface area contributed by atoms with E-state index in [1.165, 1.54) is 12.7 Å². The minimum atomic E-state index is -0.724. The highest BCUT2D eigenvalue weighted by Gasteiger charge is 2.43. The molecule has 26 heavy (non-hydrogen) atoms. The number of ether oxygens (including phenoxy) is 2. The highest BCUT2D eigenvalue weighted by molar-refractivity contribution is 5.86. The number of hydrogen-bond acceptors (Lipinski definition) is 4. The van der Waals surface area contributed by atoms with Crippen molar-refractivity contribution in [2.45, 2.75) is 56.9 Å². The topological polar surface area (TPSA) is 64.6 Å². The summed E-state index contributed by atoms with van der Waals surface area (Å²) in [5.41, 5.74) is 0.669. The maximum absolute atomic E-state index is 12.6. The molecule has 142 valence electrons. The zero-order valence-electron chi connectivity index (χ0n) is 15.5. The molecule has 1 N–H and O–H groups in total. The summed E-state index contributed by atoms with van der Waals surface area (Å²) in [5.74, 6) is 0.255. The van der Waals surface area contributed by atoms with E-state index in [1.54, 1.807) is 0 Å². The highest BCUT2D eigenvalue weighted by atomic mass is 16.5. The van der Waals surface area contributed by atoms with Crippen LogP contribution in [0.4, 0.5) is 0 Å². The van der Waals surface area contributed by atoms with Crippen molar-refractivity contribution in [3.05, 3.63) is 35.9 Å². The lowest BCUT2D eigenvalue weighted by Crippen LogP contribution is -2.45. The van der Waals surface area contributed by atoms with Crippen molar-refractivity contribution in [3.63, 3.8) is 0 Å². The highest BCUT2D eigenvalue weighted by Crippen LogP contribution is 2.36. The second kappa shape index (κ2) is 8.67. The summed E-state index contributed by atoms with van der Waals surface area (Å²) >= 11 is 0. The zero-order chi connectivity index (χ0) is 18.4. The maximum atomic E-state index is 12.6. The molecule has 1 heterocycles.